The number of nitrogens with one attached hydrogen (secondary N) is 1. The summed E-state index contributed by atoms with van der Waals surface area (Å²) in [7, 11) is 0. The van der Waals surface area contributed by atoms with Crippen molar-refractivity contribution in [2.45, 2.75) is 51.8 Å². The van der Waals surface area contributed by atoms with Crippen molar-refractivity contribution in [2.24, 2.45) is 0 Å². The Balaban J connectivity index is 1.86. The van der Waals surface area contributed by atoms with Gasteiger partial charge in [0, 0.05) is 19.1 Å². The van der Waals surface area contributed by atoms with Crippen LogP contribution in [0.2, 0.25) is 0 Å². The second-order valence-electron chi connectivity index (χ2n) is 6.64. The van der Waals surface area contributed by atoms with Crippen LogP contribution in [0.5, 0.6) is 0 Å². The second-order valence-corrected chi connectivity index (χ2v) is 7.45. The first-order valence-corrected chi connectivity index (χ1v) is 8.48. The number of rotatable bonds is 3. The van der Waals surface area contributed by atoms with E-state index in [0.29, 0.717) is 13.1 Å². The van der Waals surface area contributed by atoms with Gasteiger partial charge < -0.3 is 15.0 Å². The lowest BCUT2D eigenvalue weighted by atomic mass is 10.1. The zero-order chi connectivity index (χ0) is 17.0. The Bertz CT molecular complexity index is 567. The van der Waals surface area contributed by atoms with E-state index in [1.165, 1.54) is 0 Å². The fraction of sp³-hybridized carbons (Fsp3) is 0.667. The van der Waals surface area contributed by atoms with Gasteiger partial charge in [-0.05, 0) is 55.6 Å². The van der Waals surface area contributed by atoms with Gasteiger partial charge in [0.1, 0.15) is 16.7 Å². The number of ether oxygens (including phenoxy) is 1. The minimum absolute atomic E-state index is 0.00918. The number of hydrogen-bond donors (Lipinski definition) is 1. The summed E-state index contributed by atoms with van der Waals surface area (Å²) in [5.74, 6) is -0.00918. The Morgan fingerprint density at radius 1 is 1.48 bits per heavy atom. The highest BCUT2D eigenvalue weighted by Gasteiger charge is 2.26. The van der Waals surface area contributed by atoms with E-state index in [0.717, 1.165) is 17.4 Å². The minimum atomic E-state index is -0.527. The molecule has 1 fully saturated rings. The quantitative estimate of drug-likeness (QED) is 0.863. The van der Waals surface area contributed by atoms with E-state index in [1.807, 2.05) is 20.8 Å². The van der Waals surface area contributed by atoms with Gasteiger partial charge in [0.05, 0.1) is 6.20 Å². The molecule has 0 aromatic carbocycles. The molecule has 23 heavy (non-hydrogen) atoms. The molecule has 2 amide bonds. The van der Waals surface area contributed by atoms with E-state index >= 15 is 0 Å². The molecule has 0 saturated carbocycles. The van der Waals surface area contributed by atoms with Crippen LogP contribution in [0.4, 0.5) is 4.79 Å². The van der Waals surface area contributed by atoms with E-state index in [9.17, 15) is 9.59 Å². The Morgan fingerprint density at radius 2 is 2.22 bits per heavy atom. The largest absolute Gasteiger partial charge is 0.444 e. The van der Waals surface area contributed by atoms with Crippen LogP contribution >= 0.6 is 15.9 Å². The number of carbonyl (C=O) groups is 2. The number of halogens is 1. The summed E-state index contributed by atoms with van der Waals surface area (Å²) in [5.41, 5.74) is -0.527. The molecule has 0 unspecified atom stereocenters. The lowest BCUT2D eigenvalue weighted by Crippen LogP contribution is -2.51. The SMILES string of the molecule is CC(C)(C)OC(=O)N[C@@H]1CCCN(C(=O)Cn2nccc2Br)C1. The van der Waals surface area contributed by atoms with Crippen LogP contribution in [-0.4, -0.2) is 51.4 Å². The number of alkyl carbamates (subject to hydrolysis) is 1. The Hall–Kier alpha value is -1.57. The zero-order valence-corrected chi connectivity index (χ0v) is 15.3. The molecule has 1 N–H and O–H groups in total. The van der Waals surface area contributed by atoms with E-state index in [2.05, 4.69) is 26.3 Å². The Morgan fingerprint density at radius 3 is 2.83 bits per heavy atom. The van der Waals surface area contributed by atoms with Crippen molar-refractivity contribution in [3.8, 4) is 0 Å². The van der Waals surface area contributed by atoms with Crippen molar-refractivity contribution in [3.63, 3.8) is 0 Å². The maximum absolute atomic E-state index is 12.4. The lowest BCUT2D eigenvalue weighted by molar-refractivity contribution is -0.133. The standard InChI is InChI=1S/C15H23BrN4O3/c1-15(2,3)23-14(22)18-11-5-4-8-19(9-11)13(21)10-20-12(16)6-7-17-20/h6-7,11H,4-5,8-10H2,1-3H3,(H,18,22)/t11-/m1/s1. The molecule has 8 heteroatoms. The monoisotopic (exact) mass is 386 g/mol. The van der Waals surface area contributed by atoms with Crippen LogP contribution in [-0.2, 0) is 16.1 Å². The van der Waals surface area contributed by atoms with Gasteiger partial charge in [-0.3, -0.25) is 4.79 Å². The van der Waals surface area contributed by atoms with E-state index in [4.69, 9.17) is 4.74 Å². The van der Waals surface area contributed by atoms with Crippen LogP contribution in [0.25, 0.3) is 0 Å². The molecular formula is C15H23BrN4O3. The topological polar surface area (TPSA) is 76.5 Å². The third-order valence-electron chi connectivity index (χ3n) is 3.44. The summed E-state index contributed by atoms with van der Waals surface area (Å²) in [6, 6.07) is 1.71. The molecule has 0 spiro atoms. The molecule has 7 nitrogen and oxygen atoms in total. The van der Waals surface area contributed by atoms with Gasteiger partial charge in [0.2, 0.25) is 5.91 Å². The number of carbonyl (C=O) groups excluding carboxylic acids is 2. The first kappa shape index (κ1) is 17.8. The van der Waals surface area contributed by atoms with Crippen LogP contribution in [0.15, 0.2) is 16.9 Å². The van der Waals surface area contributed by atoms with Gasteiger partial charge in [0.15, 0.2) is 0 Å². The molecule has 1 aliphatic rings. The van der Waals surface area contributed by atoms with Crippen molar-refractivity contribution in [2.75, 3.05) is 13.1 Å². The van der Waals surface area contributed by atoms with Crippen LogP contribution < -0.4 is 5.32 Å². The van der Waals surface area contributed by atoms with Gasteiger partial charge in [-0.15, -0.1) is 0 Å². The number of nitrogens with zero attached hydrogens (tertiary/aromatic N) is 3. The third-order valence-corrected chi connectivity index (χ3v) is 4.12. The number of hydrogen-bond acceptors (Lipinski definition) is 4. The van der Waals surface area contributed by atoms with Crippen LogP contribution in [0.1, 0.15) is 33.6 Å². The average Bonchev–Trinajstić information content (AvgIpc) is 2.82. The van der Waals surface area contributed by atoms with Gasteiger partial charge >= 0.3 is 6.09 Å². The van der Waals surface area contributed by atoms with Crippen molar-refractivity contribution in [3.05, 3.63) is 16.9 Å². The van der Waals surface area contributed by atoms with Gasteiger partial charge in [0.25, 0.3) is 0 Å². The second kappa shape index (κ2) is 7.33. The third kappa shape index (κ3) is 5.53. The first-order valence-electron chi connectivity index (χ1n) is 7.69. The number of aromatic nitrogens is 2. The molecule has 0 radical (unpaired) electrons. The molecule has 1 aliphatic heterocycles. The summed E-state index contributed by atoms with van der Waals surface area (Å²) in [6.07, 6.45) is 2.90. The highest BCUT2D eigenvalue weighted by atomic mass is 79.9. The molecule has 0 bridgehead atoms. The van der Waals surface area contributed by atoms with E-state index < -0.39 is 11.7 Å². The predicted octanol–water partition coefficient (Wildman–Crippen LogP) is 2.16. The van der Waals surface area contributed by atoms with Gasteiger partial charge in [-0.2, -0.15) is 5.10 Å². The summed E-state index contributed by atoms with van der Waals surface area (Å²) < 4.78 is 7.64. The van der Waals surface area contributed by atoms with Crippen molar-refractivity contribution < 1.29 is 14.3 Å². The van der Waals surface area contributed by atoms with Gasteiger partial charge in [-0.25, -0.2) is 9.48 Å². The molecule has 1 aromatic rings. The molecular weight excluding hydrogens is 364 g/mol. The van der Waals surface area contributed by atoms with Gasteiger partial charge in [-0.1, -0.05) is 0 Å². The van der Waals surface area contributed by atoms with Crippen molar-refractivity contribution >= 4 is 27.9 Å². The molecule has 1 atom stereocenters. The zero-order valence-electron chi connectivity index (χ0n) is 13.7. The Labute approximate surface area is 144 Å². The molecule has 128 valence electrons. The molecule has 1 aromatic heterocycles. The summed E-state index contributed by atoms with van der Waals surface area (Å²) in [5, 5.41) is 6.93. The minimum Gasteiger partial charge on any atom is -0.444 e. The predicted molar refractivity (Wildman–Crippen MR) is 88.9 cm³/mol. The normalized spacial score (nSPS) is 18.6. The lowest BCUT2D eigenvalue weighted by Gasteiger charge is -2.33. The fourth-order valence-electron chi connectivity index (χ4n) is 2.46. The highest BCUT2D eigenvalue weighted by molar-refractivity contribution is 9.10. The maximum atomic E-state index is 12.4. The van der Waals surface area contributed by atoms with Crippen molar-refractivity contribution in [1.82, 2.24) is 20.0 Å². The highest BCUT2D eigenvalue weighted by Crippen LogP contribution is 2.14. The maximum Gasteiger partial charge on any atom is 0.407 e. The number of amides is 2. The molecule has 2 heterocycles. The summed E-state index contributed by atoms with van der Waals surface area (Å²) >= 11 is 3.35. The number of piperidine rings is 1. The molecule has 1 saturated heterocycles. The molecule has 2 rings (SSSR count). The van der Waals surface area contributed by atoms with Crippen molar-refractivity contribution in [1.29, 1.82) is 0 Å². The average molecular weight is 387 g/mol. The van der Waals surface area contributed by atoms with Crippen LogP contribution in [0.3, 0.4) is 0 Å². The number of likely N-dealkylation sites (tertiary alicyclic amines) is 1. The van der Waals surface area contributed by atoms with E-state index in [-0.39, 0.29) is 18.5 Å². The fourth-order valence-corrected chi connectivity index (χ4v) is 2.79. The van der Waals surface area contributed by atoms with Crippen LogP contribution in [0, 0.1) is 0 Å². The first-order chi connectivity index (χ1) is 10.7. The summed E-state index contributed by atoms with van der Waals surface area (Å²) in [6.45, 7) is 6.86. The molecule has 0 aliphatic carbocycles. The summed E-state index contributed by atoms with van der Waals surface area (Å²) in [4.78, 5) is 26.0. The Kier molecular flexibility index (Phi) is 5.67. The smallest absolute Gasteiger partial charge is 0.407 e. The van der Waals surface area contributed by atoms with E-state index in [1.54, 1.807) is 21.8 Å².